The second kappa shape index (κ2) is 5.74. The fourth-order valence-electron chi connectivity index (χ4n) is 2.72. The number of carbonyl (C=O) groups excluding carboxylic acids is 1. The Balaban J connectivity index is 2.29. The van der Waals surface area contributed by atoms with Crippen molar-refractivity contribution < 1.29 is 4.79 Å². The van der Waals surface area contributed by atoms with Crippen LogP contribution in [0.3, 0.4) is 0 Å². The number of nitrogens with zero attached hydrogens (tertiary/aromatic N) is 3. The average Bonchev–Trinajstić information content (AvgIpc) is 2.81. The first-order valence-electron chi connectivity index (χ1n) is 7.18. The van der Waals surface area contributed by atoms with Crippen LogP contribution in [0.1, 0.15) is 43.9 Å². The summed E-state index contributed by atoms with van der Waals surface area (Å²) >= 11 is 0. The largest absolute Gasteiger partial charge is 0.329 e. The number of piperazine rings is 1. The van der Waals surface area contributed by atoms with Gasteiger partial charge >= 0.3 is 0 Å². The highest BCUT2D eigenvalue weighted by Crippen LogP contribution is 2.16. The molecule has 0 spiro atoms. The van der Waals surface area contributed by atoms with E-state index in [4.69, 9.17) is 0 Å². The Bertz CT molecular complexity index is 444. The molecule has 1 aliphatic rings. The molecule has 1 aliphatic heterocycles. The van der Waals surface area contributed by atoms with E-state index in [0.29, 0.717) is 0 Å². The molecule has 0 radical (unpaired) electrons. The molecule has 2 rings (SSSR count). The summed E-state index contributed by atoms with van der Waals surface area (Å²) in [6, 6.07) is 2.39. The van der Waals surface area contributed by atoms with E-state index in [9.17, 15) is 4.79 Å². The lowest BCUT2D eigenvalue weighted by molar-refractivity contribution is 0.0531. The SMILES string of the molecule is CCc1cc(C(=O)N2C(C)CNCC2C)n(CC)n1. The molecule has 1 amide bonds. The van der Waals surface area contributed by atoms with Crippen molar-refractivity contribution in [1.82, 2.24) is 20.0 Å². The molecule has 0 aromatic carbocycles. The van der Waals surface area contributed by atoms with E-state index < -0.39 is 0 Å². The fraction of sp³-hybridized carbons (Fsp3) is 0.714. The normalized spacial score (nSPS) is 23.7. The van der Waals surface area contributed by atoms with Crippen LogP contribution in [0.15, 0.2) is 6.07 Å². The zero-order valence-corrected chi connectivity index (χ0v) is 12.3. The number of hydrogen-bond donors (Lipinski definition) is 1. The lowest BCUT2D eigenvalue weighted by Gasteiger charge is -2.39. The van der Waals surface area contributed by atoms with Crippen LogP contribution in [0.25, 0.3) is 0 Å². The zero-order chi connectivity index (χ0) is 14.0. The smallest absolute Gasteiger partial charge is 0.272 e. The monoisotopic (exact) mass is 264 g/mol. The van der Waals surface area contributed by atoms with Gasteiger partial charge in [-0.05, 0) is 33.3 Å². The summed E-state index contributed by atoms with van der Waals surface area (Å²) in [4.78, 5) is 14.8. The van der Waals surface area contributed by atoms with Crippen LogP contribution in [-0.2, 0) is 13.0 Å². The minimum absolute atomic E-state index is 0.107. The fourth-order valence-corrected chi connectivity index (χ4v) is 2.72. The van der Waals surface area contributed by atoms with Gasteiger partial charge < -0.3 is 10.2 Å². The first-order chi connectivity index (χ1) is 9.08. The highest BCUT2D eigenvalue weighted by Gasteiger charge is 2.31. The van der Waals surface area contributed by atoms with Crippen LogP contribution in [0.5, 0.6) is 0 Å². The second-order valence-corrected chi connectivity index (χ2v) is 5.26. The average molecular weight is 264 g/mol. The number of rotatable bonds is 3. The molecule has 0 bridgehead atoms. The molecule has 2 unspecified atom stereocenters. The van der Waals surface area contributed by atoms with Crippen LogP contribution in [-0.4, -0.2) is 45.8 Å². The molecule has 0 saturated carbocycles. The van der Waals surface area contributed by atoms with Gasteiger partial charge in [0, 0.05) is 31.7 Å². The standard InChI is InChI=1S/C14H24N4O/c1-5-12-7-13(17(6-2)16-12)14(19)18-10(3)8-15-9-11(18)4/h7,10-11,15H,5-6,8-9H2,1-4H3. The number of hydrogen-bond acceptors (Lipinski definition) is 3. The van der Waals surface area contributed by atoms with E-state index in [0.717, 1.165) is 37.4 Å². The number of aryl methyl sites for hydroxylation is 2. The summed E-state index contributed by atoms with van der Waals surface area (Å²) in [7, 11) is 0. The van der Waals surface area contributed by atoms with E-state index in [1.54, 1.807) is 0 Å². The number of amides is 1. The van der Waals surface area contributed by atoms with Crippen molar-refractivity contribution in [1.29, 1.82) is 0 Å². The van der Waals surface area contributed by atoms with Crippen LogP contribution in [0.4, 0.5) is 0 Å². The predicted molar refractivity (Wildman–Crippen MR) is 75.2 cm³/mol. The van der Waals surface area contributed by atoms with Crippen molar-refractivity contribution in [3.63, 3.8) is 0 Å². The first kappa shape index (κ1) is 14.1. The summed E-state index contributed by atoms with van der Waals surface area (Å²) in [5, 5.41) is 7.82. The third-order valence-corrected chi connectivity index (χ3v) is 3.78. The van der Waals surface area contributed by atoms with Crippen LogP contribution >= 0.6 is 0 Å². The molecule has 1 saturated heterocycles. The van der Waals surface area contributed by atoms with Crippen LogP contribution in [0, 0.1) is 0 Å². The van der Waals surface area contributed by atoms with Crippen LogP contribution in [0.2, 0.25) is 0 Å². The molecule has 106 valence electrons. The Labute approximate surface area is 115 Å². The highest BCUT2D eigenvalue weighted by molar-refractivity contribution is 5.93. The van der Waals surface area contributed by atoms with E-state index in [1.165, 1.54) is 0 Å². The molecule has 19 heavy (non-hydrogen) atoms. The summed E-state index contributed by atoms with van der Waals surface area (Å²) in [6.07, 6.45) is 0.861. The van der Waals surface area contributed by atoms with Crippen molar-refractivity contribution in [2.75, 3.05) is 13.1 Å². The Hall–Kier alpha value is -1.36. The third-order valence-electron chi connectivity index (χ3n) is 3.78. The van der Waals surface area contributed by atoms with Gasteiger partial charge in [-0.2, -0.15) is 5.10 Å². The lowest BCUT2D eigenvalue weighted by atomic mass is 10.1. The van der Waals surface area contributed by atoms with Gasteiger partial charge in [0.25, 0.3) is 5.91 Å². The van der Waals surface area contributed by atoms with Gasteiger partial charge in [0.05, 0.1) is 5.69 Å². The van der Waals surface area contributed by atoms with Crippen molar-refractivity contribution in [3.05, 3.63) is 17.5 Å². The molecule has 1 N–H and O–H groups in total. The van der Waals surface area contributed by atoms with Crippen molar-refractivity contribution in [2.24, 2.45) is 0 Å². The summed E-state index contributed by atoms with van der Waals surface area (Å²) in [5.41, 5.74) is 1.71. The number of aromatic nitrogens is 2. The highest BCUT2D eigenvalue weighted by atomic mass is 16.2. The lowest BCUT2D eigenvalue weighted by Crippen LogP contribution is -2.57. The summed E-state index contributed by atoms with van der Waals surface area (Å²) in [5.74, 6) is 0.107. The first-order valence-corrected chi connectivity index (χ1v) is 7.18. The zero-order valence-electron chi connectivity index (χ0n) is 12.3. The molecular formula is C14H24N4O. The maximum absolute atomic E-state index is 12.8. The van der Waals surface area contributed by atoms with Gasteiger partial charge in [-0.1, -0.05) is 6.92 Å². The molecule has 1 fully saturated rings. The number of carbonyl (C=O) groups is 1. The van der Waals surface area contributed by atoms with Gasteiger partial charge in [0.2, 0.25) is 0 Å². The molecule has 2 heterocycles. The van der Waals surface area contributed by atoms with Gasteiger partial charge in [-0.3, -0.25) is 9.48 Å². The predicted octanol–water partition coefficient (Wildman–Crippen LogP) is 1.29. The molecule has 2 atom stereocenters. The van der Waals surface area contributed by atoms with Gasteiger partial charge in [0.15, 0.2) is 0 Å². The Kier molecular flexibility index (Phi) is 4.24. The van der Waals surface area contributed by atoms with Crippen molar-refractivity contribution >= 4 is 5.91 Å². The Morgan fingerprint density at radius 2 is 2.00 bits per heavy atom. The van der Waals surface area contributed by atoms with E-state index in [2.05, 4.69) is 31.2 Å². The molecular weight excluding hydrogens is 240 g/mol. The second-order valence-electron chi connectivity index (χ2n) is 5.26. The summed E-state index contributed by atoms with van der Waals surface area (Å²) in [6.45, 7) is 10.7. The topological polar surface area (TPSA) is 50.2 Å². The van der Waals surface area contributed by atoms with E-state index >= 15 is 0 Å². The maximum atomic E-state index is 12.8. The van der Waals surface area contributed by atoms with Gasteiger partial charge in [-0.25, -0.2) is 0 Å². The molecule has 5 nitrogen and oxygen atoms in total. The third kappa shape index (κ3) is 2.66. The molecule has 1 aromatic heterocycles. The molecule has 0 aliphatic carbocycles. The van der Waals surface area contributed by atoms with E-state index in [-0.39, 0.29) is 18.0 Å². The van der Waals surface area contributed by atoms with Crippen molar-refractivity contribution in [2.45, 2.75) is 52.7 Å². The molecule has 5 heteroatoms. The van der Waals surface area contributed by atoms with Gasteiger partial charge in [0.1, 0.15) is 5.69 Å². The maximum Gasteiger partial charge on any atom is 0.272 e. The summed E-state index contributed by atoms with van der Waals surface area (Å²) < 4.78 is 1.82. The minimum atomic E-state index is 0.107. The van der Waals surface area contributed by atoms with Crippen molar-refractivity contribution in [3.8, 4) is 0 Å². The minimum Gasteiger partial charge on any atom is -0.329 e. The van der Waals surface area contributed by atoms with Crippen LogP contribution < -0.4 is 5.32 Å². The number of nitrogens with one attached hydrogen (secondary N) is 1. The van der Waals surface area contributed by atoms with E-state index in [1.807, 2.05) is 22.6 Å². The Morgan fingerprint density at radius 1 is 1.37 bits per heavy atom. The quantitative estimate of drug-likeness (QED) is 0.895. The van der Waals surface area contributed by atoms with Gasteiger partial charge in [-0.15, -0.1) is 0 Å². The Morgan fingerprint density at radius 3 is 2.53 bits per heavy atom. The molecule has 1 aromatic rings.